The summed E-state index contributed by atoms with van der Waals surface area (Å²) >= 11 is 11.7. The Balaban J connectivity index is 2.56. The summed E-state index contributed by atoms with van der Waals surface area (Å²) in [5, 5.41) is 3.26. The molecule has 1 amide bonds. The van der Waals surface area contributed by atoms with Gasteiger partial charge in [-0.15, -0.1) is 0 Å². The number of benzene rings is 1. The van der Waals surface area contributed by atoms with E-state index in [1.165, 1.54) is 19.9 Å². The number of ether oxygens (including phenoxy) is 1. The van der Waals surface area contributed by atoms with Gasteiger partial charge in [0, 0.05) is 11.4 Å². The highest BCUT2D eigenvalue weighted by Gasteiger charge is 2.19. The largest absolute Gasteiger partial charge is 0.453 e. The number of carbonyl (C=O) groups is 3. The number of ketones is 1. The van der Waals surface area contributed by atoms with Gasteiger partial charge in [-0.25, -0.2) is 0 Å². The zero-order chi connectivity index (χ0) is 16.0. The van der Waals surface area contributed by atoms with Crippen LogP contribution < -0.4 is 5.32 Å². The zero-order valence-corrected chi connectivity index (χ0v) is 13.1. The van der Waals surface area contributed by atoms with Crippen molar-refractivity contribution in [2.45, 2.75) is 32.8 Å². The van der Waals surface area contributed by atoms with Crippen LogP contribution >= 0.6 is 23.2 Å². The Kier molecular flexibility index (Phi) is 6.65. The van der Waals surface area contributed by atoms with Crippen molar-refractivity contribution < 1.29 is 19.1 Å². The number of carbonyl (C=O) groups excluding carboxylic acids is 3. The first-order valence-corrected chi connectivity index (χ1v) is 7.00. The van der Waals surface area contributed by atoms with Crippen LogP contribution in [-0.4, -0.2) is 23.8 Å². The Morgan fingerprint density at radius 2 is 1.90 bits per heavy atom. The highest BCUT2D eigenvalue weighted by Crippen LogP contribution is 2.25. The summed E-state index contributed by atoms with van der Waals surface area (Å²) in [6, 6.07) is 4.62. The van der Waals surface area contributed by atoms with Crippen molar-refractivity contribution in [1.29, 1.82) is 0 Å². The Morgan fingerprint density at radius 3 is 2.52 bits per heavy atom. The molecule has 5 nitrogen and oxygen atoms in total. The molecule has 21 heavy (non-hydrogen) atoms. The first-order chi connectivity index (χ1) is 9.79. The van der Waals surface area contributed by atoms with Crippen LogP contribution in [-0.2, 0) is 19.1 Å². The number of hydrogen-bond donors (Lipinski definition) is 1. The van der Waals surface area contributed by atoms with Gasteiger partial charge in [0.2, 0.25) is 0 Å². The van der Waals surface area contributed by atoms with E-state index in [1.807, 2.05) is 0 Å². The summed E-state index contributed by atoms with van der Waals surface area (Å²) in [6.07, 6.45) is -0.961. The topological polar surface area (TPSA) is 72.5 Å². The minimum absolute atomic E-state index is 0.0507. The Hall–Kier alpha value is -1.59. The standard InChI is InChI=1S/C14H15Cl2NO4/c1-8(18)3-6-13(19)21-9(2)14(20)17-12-7-10(15)4-5-11(12)16/h4-5,7,9H,3,6H2,1-2H3,(H,17,20)/t9-/m0/s1. The van der Waals surface area contributed by atoms with E-state index < -0.39 is 18.0 Å². The zero-order valence-electron chi connectivity index (χ0n) is 11.6. The van der Waals surface area contributed by atoms with Crippen LogP contribution in [0.25, 0.3) is 0 Å². The molecule has 7 heteroatoms. The number of rotatable bonds is 6. The molecule has 114 valence electrons. The molecule has 0 aromatic heterocycles. The van der Waals surface area contributed by atoms with Crippen LogP contribution in [0.15, 0.2) is 18.2 Å². The summed E-state index contributed by atoms with van der Waals surface area (Å²) in [5.41, 5.74) is 0.334. The first-order valence-electron chi connectivity index (χ1n) is 6.24. The fraction of sp³-hybridized carbons (Fsp3) is 0.357. The van der Waals surface area contributed by atoms with Gasteiger partial charge in [-0.05, 0) is 32.0 Å². The van der Waals surface area contributed by atoms with Crippen LogP contribution in [0, 0.1) is 0 Å². The number of halogens is 2. The van der Waals surface area contributed by atoms with E-state index in [9.17, 15) is 14.4 Å². The minimum atomic E-state index is -1.00. The van der Waals surface area contributed by atoms with Crippen molar-refractivity contribution in [1.82, 2.24) is 0 Å². The fourth-order valence-corrected chi connectivity index (χ4v) is 1.75. The maximum atomic E-state index is 11.9. The van der Waals surface area contributed by atoms with Gasteiger partial charge in [0.15, 0.2) is 6.10 Å². The van der Waals surface area contributed by atoms with Gasteiger partial charge in [0.1, 0.15) is 5.78 Å². The van der Waals surface area contributed by atoms with E-state index in [0.29, 0.717) is 15.7 Å². The first kappa shape index (κ1) is 17.5. The van der Waals surface area contributed by atoms with Gasteiger partial charge in [-0.1, -0.05) is 23.2 Å². The van der Waals surface area contributed by atoms with Crippen molar-refractivity contribution >= 4 is 46.5 Å². The smallest absolute Gasteiger partial charge is 0.307 e. The Bertz CT molecular complexity index is 560. The molecule has 0 saturated carbocycles. The fourth-order valence-electron chi connectivity index (χ4n) is 1.42. The summed E-state index contributed by atoms with van der Waals surface area (Å²) in [5.74, 6) is -1.25. The molecule has 1 aromatic rings. The minimum Gasteiger partial charge on any atom is -0.453 e. The van der Waals surface area contributed by atoms with Gasteiger partial charge in [-0.3, -0.25) is 9.59 Å². The van der Waals surface area contributed by atoms with Gasteiger partial charge in [-0.2, -0.15) is 0 Å². The lowest BCUT2D eigenvalue weighted by Gasteiger charge is -2.14. The van der Waals surface area contributed by atoms with Gasteiger partial charge in [0.25, 0.3) is 5.91 Å². The molecule has 0 aliphatic heterocycles. The molecule has 0 spiro atoms. The van der Waals surface area contributed by atoms with E-state index >= 15 is 0 Å². The molecule has 1 atom stereocenters. The number of hydrogen-bond acceptors (Lipinski definition) is 4. The van der Waals surface area contributed by atoms with E-state index in [0.717, 1.165) is 0 Å². The molecule has 0 heterocycles. The van der Waals surface area contributed by atoms with Crippen LogP contribution in [0.1, 0.15) is 26.7 Å². The predicted octanol–water partition coefficient (Wildman–Crippen LogP) is 3.23. The highest BCUT2D eigenvalue weighted by molar-refractivity contribution is 6.35. The lowest BCUT2D eigenvalue weighted by atomic mass is 10.2. The van der Waals surface area contributed by atoms with Crippen molar-refractivity contribution in [2.24, 2.45) is 0 Å². The second kappa shape index (κ2) is 8.00. The van der Waals surface area contributed by atoms with E-state index in [4.69, 9.17) is 27.9 Å². The lowest BCUT2D eigenvalue weighted by molar-refractivity contribution is -0.153. The number of amides is 1. The second-order valence-corrected chi connectivity index (χ2v) is 5.29. The lowest BCUT2D eigenvalue weighted by Crippen LogP contribution is -2.30. The number of esters is 1. The predicted molar refractivity (Wildman–Crippen MR) is 80.6 cm³/mol. The van der Waals surface area contributed by atoms with E-state index in [1.54, 1.807) is 12.1 Å². The molecule has 1 N–H and O–H groups in total. The number of anilines is 1. The number of Topliss-reactive ketones (excluding diaryl/α,β-unsaturated/α-hetero) is 1. The summed E-state index contributed by atoms with van der Waals surface area (Å²) < 4.78 is 4.93. The van der Waals surface area contributed by atoms with Crippen LogP contribution in [0.5, 0.6) is 0 Å². The molecule has 0 radical (unpaired) electrons. The third-order valence-corrected chi connectivity index (χ3v) is 3.11. The molecule has 1 aromatic carbocycles. The van der Waals surface area contributed by atoms with Crippen LogP contribution in [0.4, 0.5) is 5.69 Å². The van der Waals surface area contributed by atoms with Crippen LogP contribution in [0.3, 0.4) is 0 Å². The molecule has 0 aliphatic rings. The maximum Gasteiger partial charge on any atom is 0.307 e. The third-order valence-electron chi connectivity index (χ3n) is 2.54. The van der Waals surface area contributed by atoms with Gasteiger partial charge < -0.3 is 14.8 Å². The second-order valence-electron chi connectivity index (χ2n) is 4.45. The molecule has 0 unspecified atom stereocenters. The van der Waals surface area contributed by atoms with Crippen molar-refractivity contribution in [3.8, 4) is 0 Å². The molecule has 1 rings (SSSR count). The SMILES string of the molecule is CC(=O)CCC(=O)O[C@@H](C)C(=O)Nc1cc(Cl)ccc1Cl. The summed E-state index contributed by atoms with van der Waals surface area (Å²) in [6.45, 7) is 2.81. The highest BCUT2D eigenvalue weighted by atomic mass is 35.5. The average Bonchev–Trinajstić information content (AvgIpc) is 2.40. The Labute approximate surface area is 132 Å². The quantitative estimate of drug-likeness (QED) is 0.812. The molecule has 0 bridgehead atoms. The molecule has 0 aliphatic carbocycles. The maximum absolute atomic E-state index is 11.9. The van der Waals surface area contributed by atoms with Crippen molar-refractivity contribution in [3.05, 3.63) is 28.2 Å². The normalized spacial score (nSPS) is 11.6. The Morgan fingerprint density at radius 1 is 1.24 bits per heavy atom. The molecular formula is C14H15Cl2NO4. The third kappa shape index (κ3) is 6.14. The molecule has 0 fully saturated rings. The molecular weight excluding hydrogens is 317 g/mol. The molecule has 0 saturated heterocycles. The van der Waals surface area contributed by atoms with Gasteiger partial charge in [0.05, 0.1) is 17.1 Å². The van der Waals surface area contributed by atoms with E-state index in [2.05, 4.69) is 5.32 Å². The monoisotopic (exact) mass is 331 g/mol. The van der Waals surface area contributed by atoms with E-state index in [-0.39, 0.29) is 18.6 Å². The van der Waals surface area contributed by atoms with Crippen molar-refractivity contribution in [3.63, 3.8) is 0 Å². The summed E-state index contributed by atoms with van der Waals surface area (Å²) in [7, 11) is 0. The van der Waals surface area contributed by atoms with Gasteiger partial charge >= 0.3 is 5.97 Å². The average molecular weight is 332 g/mol. The number of nitrogens with one attached hydrogen (secondary N) is 1. The van der Waals surface area contributed by atoms with Crippen LogP contribution in [0.2, 0.25) is 10.0 Å². The summed E-state index contributed by atoms with van der Waals surface area (Å²) in [4.78, 5) is 34.1. The van der Waals surface area contributed by atoms with Crippen molar-refractivity contribution in [2.75, 3.05) is 5.32 Å².